The van der Waals surface area contributed by atoms with E-state index in [0.29, 0.717) is 0 Å². The summed E-state index contributed by atoms with van der Waals surface area (Å²) in [4.78, 5) is 26.8. The summed E-state index contributed by atoms with van der Waals surface area (Å²) in [5.41, 5.74) is 1.13. The highest BCUT2D eigenvalue weighted by atomic mass is 32.2. The van der Waals surface area contributed by atoms with Gasteiger partial charge in [-0.05, 0) is 48.8 Å². The quantitative estimate of drug-likeness (QED) is 0.649. The number of fused-ring (bicyclic) bond motifs is 2. The molecule has 4 atom stereocenters. The normalized spacial score (nSPS) is 28.2. The zero-order valence-corrected chi connectivity index (χ0v) is 18.6. The van der Waals surface area contributed by atoms with Crippen LogP contribution in [0.5, 0.6) is 0 Å². The number of piperazine rings is 1. The van der Waals surface area contributed by atoms with Crippen molar-refractivity contribution >= 4 is 21.9 Å². The molecular formula is C23H30N2O5S. The largest absolute Gasteiger partial charge is 0.481 e. The van der Waals surface area contributed by atoms with E-state index in [-0.39, 0.29) is 48.8 Å². The van der Waals surface area contributed by atoms with E-state index >= 15 is 0 Å². The third-order valence-electron chi connectivity index (χ3n) is 6.96. The van der Waals surface area contributed by atoms with Crippen molar-refractivity contribution in [2.75, 3.05) is 26.2 Å². The number of rotatable bonds is 7. The van der Waals surface area contributed by atoms with Crippen molar-refractivity contribution in [1.29, 1.82) is 0 Å². The predicted molar refractivity (Wildman–Crippen MR) is 116 cm³/mol. The van der Waals surface area contributed by atoms with Crippen molar-refractivity contribution in [3.8, 4) is 0 Å². The Balaban J connectivity index is 1.39. The molecule has 4 rings (SSSR count). The fraction of sp³-hybridized carbons (Fsp3) is 0.565. The Kier molecular flexibility index (Phi) is 6.21. The lowest BCUT2D eigenvalue weighted by Gasteiger charge is -2.37. The van der Waals surface area contributed by atoms with Gasteiger partial charge in [-0.15, -0.1) is 0 Å². The Morgan fingerprint density at radius 3 is 2.19 bits per heavy atom. The van der Waals surface area contributed by atoms with E-state index in [0.717, 1.165) is 31.2 Å². The molecule has 0 radical (unpaired) electrons. The zero-order chi connectivity index (χ0) is 22.2. The van der Waals surface area contributed by atoms with Crippen LogP contribution in [0, 0.1) is 23.7 Å². The molecule has 3 aliphatic rings. The first-order valence-corrected chi connectivity index (χ1v) is 12.6. The van der Waals surface area contributed by atoms with Gasteiger partial charge in [-0.2, -0.15) is 4.31 Å². The Morgan fingerprint density at radius 1 is 1.00 bits per heavy atom. The first-order chi connectivity index (χ1) is 14.8. The number of sulfonamides is 1. The molecule has 1 amide bonds. The lowest BCUT2D eigenvalue weighted by Crippen LogP contribution is -2.53. The molecule has 0 aromatic heterocycles. The molecular weight excluding hydrogens is 416 g/mol. The van der Waals surface area contributed by atoms with Crippen molar-refractivity contribution in [3.05, 3.63) is 42.0 Å². The monoisotopic (exact) mass is 446 g/mol. The second kappa shape index (κ2) is 8.74. The number of aryl methyl sites for hydroxylation is 1. The fourth-order valence-corrected chi connectivity index (χ4v) is 6.64. The Morgan fingerprint density at radius 2 is 1.61 bits per heavy atom. The highest BCUT2D eigenvalue weighted by molar-refractivity contribution is 7.89. The molecule has 0 unspecified atom stereocenters. The van der Waals surface area contributed by atoms with Crippen LogP contribution in [-0.2, 0) is 26.0 Å². The van der Waals surface area contributed by atoms with Crippen molar-refractivity contribution in [2.24, 2.45) is 23.7 Å². The number of hydrogen-bond acceptors (Lipinski definition) is 4. The predicted octanol–water partition coefficient (Wildman–Crippen LogP) is 2.38. The van der Waals surface area contributed by atoms with Crippen LogP contribution < -0.4 is 0 Å². The lowest BCUT2D eigenvalue weighted by molar-refractivity contribution is -0.151. The summed E-state index contributed by atoms with van der Waals surface area (Å²) in [6, 6.07) is 7.07. The number of carboxylic acid groups (broad SMARTS) is 1. The minimum atomic E-state index is -3.61. The molecule has 1 N–H and O–H groups in total. The van der Waals surface area contributed by atoms with Crippen molar-refractivity contribution < 1.29 is 23.1 Å². The van der Waals surface area contributed by atoms with Gasteiger partial charge in [0.25, 0.3) is 0 Å². The molecule has 1 aliphatic heterocycles. The number of allylic oxidation sites excluding steroid dienone is 2. The van der Waals surface area contributed by atoms with Gasteiger partial charge in [0.05, 0.1) is 16.7 Å². The summed E-state index contributed by atoms with van der Waals surface area (Å²) < 4.78 is 27.5. The number of unbranched alkanes of at least 4 members (excludes halogenated alkanes) is 1. The molecule has 1 saturated carbocycles. The number of nitrogens with zero attached hydrogens (tertiary/aromatic N) is 2. The van der Waals surface area contributed by atoms with Gasteiger partial charge < -0.3 is 10.0 Å². The molecule has 1 aromatic rings. The van der Waals surface area contributed by atoms with Crippen molar-refractivity contribution in [3.63, 3.8) is 0 Å². The van der Waals surface area contributed by atoms with Gasteiger partial charge in [-0.3, -0.25) is 9.59 Å². The Hall–Kier alpha value is -2.19. The first kappa shape index (κ1) is 22.0. The number of benzene rings is 1. The highest BCUT2D eigenvalue weighted by Gasteiger charge is 2.52. The smallest absolute Gasteiger partial charge is 0.307 e. The summed E-state index contributed by atoms with van der Waals surface area (Å²) in [5.74, 6) is -2.37. The van der Waals surface area contributed by atoms with Crippen LogP contribution in [0.2, 0.25) is 0 Å². The van der Waals surface area contributed by atoms with E-state index in [4.69, 9.17) is 0 Å². The number of carbonyl (C=O) groups excluding carboxylic acids is 1. The van der Waals surface area contributed by atoms with Crippen LogP contribution in [0.25, 0.3) is 0 Å². The first-order valence-electron chi connectivity index (χ1n) is 11.1. The van der Waals surface area contributed by atoms with Gasteiger partial charge in [-0.25, -0.2) is 8.42 Å². The molecule has 2 fully saturated rings. The Labute approximate surface area is 183 Å². The SMILES string of the molecule is CCCCc1ccc(S(=O)(=O)N2CCN(C(=O)[C@@H]3[C@@H](C(=O)O)[C@H]4C=C[C@H]3C4)CC2)cc1. The second-order valence-electron chi connectivity index (χ2n) is 8.81. The number of carboxylic acids is 1. The van der Waals surface area contributed by atoms with E-state index in [1.165, 1.54) is 4.31 Å². The summed E-state index contributed by atoms with van der Waals surface area (Å²) >= 11 is 0. The van der Waals surface area contributed by atoms with Gasteiger partial charge >= 0.3 is 5.97 Å². The zero-order valence-electron chi connectivity index (χ0n) is 17.8. The van der Waals surface area contributed by atoms with Crippen LogP contribution in [0.15, 0.2) is 41.3 Å². The average Bonchev–Trinajstić information content (AvgIpc) is 3.39. The van der Waals surface area contributed by atoms with E-state index < -0.39 is 27.8 Å². The molecule has 7 nitrogen and oxygen atoms in total. The third kappa shape index (κ3) is 4.15. The van der Waals surface area contributed by atoms with Gasteiger partial charge in [-0.1, -0.05) is 37.6 Å². The summed E-state index contributed by atoms with van der Waals surface area (Å²) in [6.07, 6.45) is 7.71. The molecule has 1 saturated heterocycles. The van der Waals surface area contributed by atoms with Gasteiger partial charge in [0, 0.05) is 26.2 Å². The lowest BCUT2D eigenvalue weighted by atomic mass is 9.82. The molecule has 168 valence electrons. The van der Waals surface area contributed by atoms with Crippen LogP contribution in [0.1, 0.15) is 31.7 Å². The van der Waals surface area contributed by atoms with E-state index in [9.17, 15) is 23.1 Å². The highest BCUT2D eigenvalue weighted by Crippen LogP contribution is 2.48. The standard InChI is InChI=1S/C23H30N2O5S/c1-2-3-4-16-5-9-19(10-6-16)31(29,30)25-13-11-24(12-14-25)22(26)20-17-7-8-18(15-17)21(20)23(27)28/h5-10,17-18,20-21H,2-4,11-15H2,1H3,(H,27,28)/t17-,18-,20-,21-/m0/s1. The number of carbonyl (C=O) groups is 2. The topological polar surface area (TPSA) is 95.0 Å². The number of amides is 1. The molecule has 0 spiro atoms. The van der Waals surface area contributed by atoms with Crippen LogP contribution in [0.3, 0.4) is 0 Å². The van der Waals surface area contributed by atoms with Crippen molar-refractivity contribution in [2.45, 2.75) is 37.5 Å². The van der Waals surface area contributed by atoms with E-state index in [2.05, 4.69) is 6.92 Å². The average molecular weight is 447 g/mol. The van der Waals surface area contributed by atoms with Crippen LogP contribution in [-0.4, -0.2) is 60.8 Å². The molecule has 1 aromatic carbocycles. The fourth-order valence-electron chi connectivity index (χ4n) is 5.21. The minimum absolute atomic E-state index is 0.0217. The molecule has 1 heterocycles. The van der Waals surface area contributed by atoms with Crippen LogP contribution >= 0.6 is 0 Å². The Bertz CT molecular complexity index is 964. The molecule has 31 heavy (non-hydrogen) atoms. The summed E-state index contributed by atoms with van der Waals surface area (Å²) in [6.45, 7) is 3.15. The van der Waals surface area contributed by atoms with Gasteiger partial charge in [0.1, 0.15) is 0 Å². The molecule has 2 aliphatic carbocycles. The molecule has 8 heteroatoms. The number of hydrogen-bond donors (Lipinski definition) is 1. The maximum Gasteiger partial charge on any atom is 0.307 e. The maximum atomic E-state index is 13.1. The maximum absolute atomic E-state index is 13.1. The minimum Gasteiger partial charge on any atom is -0.481 e. The summed E-state index contributed by atoms with van der Waals surface area (Å²) in [5, 5.41) is 9.60. The van der Waals surface area contributed by atoms with E-state index in [1.807, 2.05) is 24.3 Å². The number of aliphatic carboxylic acids is 1. The van der Waals surface area contributed by atoms with Crippen molar-refractivity contribution in [1.82, 2.24) is 9.21 Å². The summed E-state index contributed by atoms with van der Waals surface area (Å²) in [7, 11) is -3.61. The van der Waals surface area contributed by atoms with E-state index in [1.54, 1.807) is 17.0 Å². The van der Waals surface area contributed by atoms with Crippen LogP contribution in [0.4, 0.5) is 0 Å². The van der Waals surface area contributed by atoms with Gasteiger partial charge in [0.15, 0.2) is 0 Å². The third-order valence-corrected chi connectivity index (χ3v) is 8.87. The molecule has 2 bridgehead atoms. The van der Waals surface area contributed by atoms with Gasteiger partial charge in [0.2, 0.25) is 15.9 Å². The second-order valence-corrected chi connectivity index (χ2v) is 10.8.